The van der Waals surface area contributed by atoms with Crippen molar-refractivity contribution in [3.8, 4) is 0 Å². The zero-order chi connectivity index (χ0) is 17.3. The van der Waals surface area contributed by atoms with E-state index in [1.165, 1.54) is 77.0 Å². The Morgan fingerprint density at radius 1 is 0.625 bits per heavy atom. The smallest absolute Gasteiger partial charge is 0.191 e. The van der Waals surface area contributed by atoms with Crippen molar-refractivity contribution in [1.82, 2.24) is 15.0 Å². The first-order chi connectivity index (χ1) is 11.9. The van der Waals surface area contributed by atoms with Crippen LogP contribution in [0.2, 0.25) is 0 Å². The summed E-state index contributed by atoms with van der Waals surface area (Å²) in [6, 6.07) is 0. The fourth-order valence-corrected chi connectivity index (χ4v) is 4.16. The lowest BCUT2D eigenvalue weighted by molar-refractivity contribution is 0.626. The van der Waals surface area contributed by atoms with Gasteiger partial charge in [0.2, 0.25) is 0 Å². The fourth-order valence-electron chi connectivity index (χ4n) is 2.50. The van der Waals surface area contributed by atoms with Gasteiger partial charge in [-0.3, -0.25) is 0 Å². The average molecular weight is 370 g/mol. The molecule has 0 atom stereocenters. The van der Waals surface area contributed by atoms with Crippen LogP contribution in [-0.4, -0.2) is 26.5 Å². The van der Waals surface area contributed by atoms with E-state index in [0.29, 0.717) is 0 Å². The first kappa shape index (κ1) is 21.8. The molecular weight excluding hydrogens is 334 g/mol. The predicted molar refractivity (Wildman–Crippen MR) is 108 cm³/mol. The molecule has 5 heteroatoms. The van der Waals surface area contributed by atoms with Gasteiger partial charge in [0.05, 0.1) is 0 Å². The molecule has 0 bridgehead atoms. The normalized spacial score (nSPS) is 11.1. The Labute approximate surface area is 157 Å². The number of hydrogen-bond acceptors (Lipinski definition) is 5. The number of unbranched alkanes of at least 4 members (excludes halogenated alkanes) is 10. The maximum Gasteiger partial charge on any atom is 0.191 e. The van der Waals surface area contributed by atoms with Gasteiger partial charge >= 0.3 is 0 Å². The van der Waals surface area contributed by atoms with Crippen LogP contribution in [0.15, 0.2) is 16.6 Å². The highest BCUT2D eigenvalue weighted by Crippen LogP contribution is 2.20. The molecule has 138 valence electrons. The molecule has 1 rings (SSSR count). The van der Waals surface area contributed by atoms with Gasteiger partial charge in [-0.2, -0.15) is 4.98 Å². The van der Waals surface area contributed by atoms with E-state index < -0.39 is 0 Å². The van der Waals surface area contributed by atoms with Crippen molar-refractivity contribution in [3.05, 3.63) is 6.33 Å². The van der Waals surface area contributed by atoms with Crippen molar-refractivity contribution in [2.75, 3.05) is 11.5 Å². The average Bonchev–Trinajstić information content (AvgIpc) is 2.60. The summed E-state index contributed by atoms with van der Waals surface area (Å²) in [7, 11) is 0. The Kier molecular flexibility index (Phi) is 14.7. The quantitative estimate of drug-likeness (QED) is 0.237. The Bertz CT molecular complexity index is 369. The second-order valence-electron chi connectivity index (χ2n) is 6.28. The van der Waals surface area contributed by atoms with Gasteiger partial charge in [0.15, 0.2) is 10.3 Å². The summed E-state index contributed by atoms with van der Waals surface area (Å²) >= 11 is 3.55. The Morgan fingerprint density at radius 2 is 1.04 bits per heavy atom. The summed E-state index contributed by atoms with van der Waals surface area (Å²) in [5.74, 6) is 2.25. The number of rotatable bonds is 16. The van der Waals surface area contributed by atoms with Crippen LogP contribution >= 0.6 is 23.5 Å². The lowest BCUT2D eigenvalue weighted by Crippen LogP contribution is -1.94. The fraction of sp³-hybridized carbons (Fsp3) is 0.842. The molecule has 0 aliphatic rings. The SMILES string of the molecule is CCCCCCCCSc1ncnc(SCCCCCCCC)n1. The molecule has 0 radical (unpaired) electrons. The minimum absolute atomic E-state index is 0.893. The molecule has 0 unspecified atom stereocenters. The van der Waals surface area contributed by atoms with E-state index in [1.807, 2.05) is 0 Å². The summed E-state index contributed by atoms with van der Waals surface area (Å²) < 4.78 is 0. The van der Waals surface area contributed by atoms with Gasteiger partial charge in [-0.05, 0) is 12.8 Å². The molecule has 0 aromatic carbocycles. The minimum Gasteiger partial charge on any atom is -0.211 e. The maximum atomic E-state index is 4.57. The van der Waals surface area contributed by atoms with Crippen LogP contribution in [0.3, 0.4) is 0 Å². The Hall–Kier alpha value is -0.290. The van der Waals surface area contributed by atoms with E-state index in [2.05, 4.69) is 28.8 Å². The van der Waals surface area contributed by atoms with Crippen molar-refractivity contribution in [2.45, 2.75) is 101 Å². The highest BCUT2D eigenvalue weighted by Gasteiger charge is 2.02. The van der Waals surface area contributed by atoms with Crippen LogP contribution in [0, 0.1) is 0 Å². The highest BCUT2D eigenvalue weighted by atomic mass is 32.2. The van der Waals surface area contributed by atoms with Gasteiger partial charge < -0.3 is 0 Å². The molecule has 3 nitrogen and oxygen atoms in total. The van der Waals surface area contributed by atoms with Gasteiger partial charge in [0.25, 0.3) is 0 Å². The molecule has 1 aromatic rings. The molecule has 24 heavy (non-hydrogen) atoms. The molecule has 0 spiro atoms. The predicted octanol–water partition coefficient (Wildman–Crippen LogP) is 6.78. The largest absolute Gasteiger partial charge is 0.211 e. The molecule has 0 saturated carbocycles. The third-order valence-electron chi connectivity index (χ3n) is 3.99. The molecule has 1 aromatic heterocycles. The highest BCUT2D eigenvalue weighted by molar-refractivity contribution is 7.99. The molecule has 0 aliphatic carbocycles. The number of hydrogen-bond donors (Lipinski definition) is 0. The van der Waals surface area contributed by atoms with Gasteiger partial charge in [-0.15, -0.1) is 0 Å². The second kappa shape index (κ2) is 16.2. The van der Waals surface area contributed by atoms with Crippen molar-refractivity contribution in [3.63, 3.8) is 0 Å². The summed E-state index contributed by atoms with van der Waals surface area (Å²) in [6.07, 6.45) is 17.7. The maximum absolute atomic E-state index is 4.57. The third-order valence-corrected chi connectivity index (χ3v) is 5.88. The topological polar surface area (TPSA) is 38.7 Å². The first-order valence-corrected chi connectivity index (χ1v) is 11.8. The Balaban J connectivity index is 2.08. The van der Waals surface area contributed by atoms with E-state index in [1.54, 1.807) is 29.9 Å². The van der Waals surface area contributed by atoms with Gasteiger partial charge in [-0.25, -0.2) is 9.97 Å². The lowest BCUT2D eigenvalue weighted by Gasteiger charge is -2.03. The third kappa shape index (κ3) is 12.1. The number of thioether (sulfide) groups is 2. The molecule has 0 saturated heterocycles. The zero-order valence-corrected chi connectivity index (χ0v) is 17.3. The van der Waals surface area contributed by atoms with Crippen molar-refractivity contribution in [1.29, 1.82) is 0 Å². The molecular formula is C19H35N3S2. The molecule has 0 fully saturated rings. The van der Waals surface area contributed by atoms with Crippen molar-refractivity contribution in [2.24, 2.45) is 0 Å². The molecule has 0 aliphatic heterocycles. The molecule has 1 heterocycles. The van der Waals surface area contributed by atoms with Crippen LogP contribution < -0.4 is 0 Å². The minimum atomic E-state index is 0.893. The summed E-state index contributed by atoms with van der Waals surface area (Å²) in [4.78, 5) is 13.2. The lowest BCUT2D eigenvalue weighted by atomic mass is 10.1. The van der Waals surface area contributed by atoms with Gasteiger partial charge in [0, 0.05) is 11.5 Å². The van der Waals surface area contributed by atoms with Crippen LogP contribution in [-0.2, 0) is 0 Å². The summed E-state index contributed by atoms with van der Waals surface area (Å²) in [5.41, 5.74) is 0. The number of aromatic nitrogens is 3. The summed E-state index contributed by atoms with van der Waals surface area (Å²) in [5, 5.41) is 1.79. The van der Waals surface area contributed by atoms with Crippen LogP contribution in [0.4, 0.5) is 0 Å². The first-order valence-electron chi connectivity index (χ1n) is 9.81. The van der Waals surface area contributed by atoms with E-state index in [-0.39, 0.29) is 0 Å². The van der Waals surface area contributed by atoms with Crippen LogP contribution in [0.5, 0.6) is 0 Å². The molecule has 0 amide bonds. The van der Waals surface area contributed by atoms with Crippen LogP contribution in [0.25, 0.3) is 0 Å². The number of nitrogens with zero attached hydrogens (tertiary/aromatic N) is 3. The standard InChI is InChI=1S/C19H35N3S2/c1-3-5-7-9-11-13-15-23-18-20-17-21-19(22-18)24-16-14-12-10-8-6-4-2/h17H,3-16H2,1-2H3. The zero-order valence-electron chi connectivity index (χ0n) is 15.6. The Morgan fingerprint density at radius 3 is 1.50 bits per heavy atom. The second-order valence-corrected chi connectivity index (χ2v) is 8.41. The van der Waals surface area contributed by atoms with E-state index >= 15 is 0 Å². The van der Waals surface area contributed by atoms with E-state index in [9.17, 15) is 0 Å². The van der Waals surface area contributed by atoms with E-state index in [0.717, 1.165) is 21.8 Å². The molecule has 0 N–H and O–H groups in total. The van der Waals surface area contributed by atoms with Gasteiger partial charge in [0.1, 0.15) is 6.33 Å². The summed E-state index contributed by atoms with van der Waals surface area (Å²) in [6.45, 7) is 4.53. The monoisotopic (exact) mass is 369 g/mol. The van der Waals surface area contributed by atoms with Crippen LogP contribution in [0.1, 0.15) is 90.9 Å². The van der Waals surface area contributed by atoms with Crippen molar-refractivity contribution < 1.29 is 0 Å². The van der Waals surface area contributed by atoms with E-state index in [4.69, 9.17) is 0 Å². The van der Waals surface area contributed by atoms with Gasteiger partial charge in [-0.1, -0.05) is 102 Å². The van der Waals surface area contributed by atoms with Crippen molar-refractivity contribution >= 4 is 23.5 Å².